The zero-order valence-electron chi connectivity index (χ0n) is 8.48. The monoisotopic (exact) mass is 221 g/mol. The van der Waals surface area contributed by atoms with Crippen molar-refractivity contribution < 1.29 is 0 Å². The predicted molar refractivity (Wildman–Crippen MR) is 61.4 cm³/mol. The van der Waals surface area contributed by atoms with Gasteiger partial charge in [-0.05, 0) is 13.8 Å². The first-order chi connectivity index (χ1) is 7.08. The van der Waals surface area contributed by atoms with E-state index in [-0.39, 0.29) is 5.95 Å². The quantitative estimate of drug-likeness (QED) is 0.759. The van der Waals surface area contributed by atoms with E-state index in [0.29, 0.717) is 5.82 Å². The second-order valence-corrected chi connectivity index (χ2v) is 4.39. The van der Waals surface area contributed by atoms with Gasteiger partial charge < -0.3 is 11.5 Å². The first kappa shape index (κ1) is 9.85. The Morgan fingerprint density at radius 3 is 2.47 bits per heavy atom. The molecule has 0 saturated heterocycles. The van der Waals surface area contributed by atoms with Crippen molar-refractivity contribution in [3.05, 3.63) is 16.8 Å². The Kier molecular flexibility index (Phi) is 2.28. The van der Waals surface area contributed by atoms with Crippen LogP contribution in [0.3, 0.4) is 0 Å². The molecular weight excluding hydrogens is 210 g/mol. The molecule has 0 unspecified atom stereocenters. The molecule has 0 bridgehead atoms. The normalized spacial score (nSPS) is 10.5. The number of hydrogen-bond acceptors (Lipinski definition) is 6. The maximum atomic E-state index is 5.75. The zero-order chi connectivity index (χ0) is 11.0. The highest BCUT2D eigenvalue weighted by atomic mass is 32.1. The van der Waals surface area contributed by atoms with Crippen molar-refractivity contribution in [2.75, 3.05) is 11.5 Å². The van der Waals surface area contributed by atoms with Gasteiger partial charge in [-0.3, -0.25) is 0 Å². The van der Waals surface area contributed by atoms with E-state index < -0.39 is 0 Å². The van der Waals surface area contributed by atoms with Crippen LogP contribution in [0.2, 0.25) is 0 Å². The molecule has 0 amide bonds. The minimum Gasteiger partial charge on any atom is -0.383 e. The fourth-order valence-corrected chi connectivity index (χ4v) is 2.10. The number of aryl methyl sites for hydroxylation is 2. The Hall–Kier alpha value is -1.69. The molecule has 2 rings (SSSR count). The van der Waals surface area contributed by atoms with Crippen LogP contribution in [0.4, 0.5) is 11.8 Å². The average Bonchev–Trinajstić information content (AvgIpc) is 2.46. The number of nitrogens with zero attached hydrogens (tertiary/aromatic N) is 3. The van der Waals surface area contributed by atoms with E-state index in [9.17, 15) is 0 Å². The van der Waals surface area contributed by atoms with E-state index in [1.54, 1.807) is 17.5 Å². The summed E-state index contributed by atoms with van der Waals surface area (Å²) in [7, 11) is 0. The summed E-state index contributed by atoms with van der Waals surface area (Å²) in [6, 6.07) is 0. The van der Waals surface area contributed by atoms with Gasteiger partial charge in [-0.2, -0.15) is 4.98 Å². The number of aromatic nitrogens is 3. The Bertz CT molecular complexity index is 486. The van der Waals surface area contributed by atoms with Crippen molar-refractivity contribution in [3.8, 4) is 10.6 Å². The number of thiazole rings is 1. The Morgan fingerprint density at radius 1 is 1.20 bits per heavy atom. The summed E-state index contributed by atoms with van der Waals surface area (Å²) in [6.45, 7) is 3.98. The summed E-state index contributed by atoms with van der Waals surface area (Å²) < 4.78 is 0. The number of nitrogens with two attached hydrogens (primary N) is 2. The lowest BCUT2D eigenvalue weighted by Gasteiger charge is -2.00. The van der Waals surface area contributed by atoms with Crippen molar-refractivity contribution in [2.45, 2.75) is 13.8 Å². The van der Waals surface area contributed by atoms with E-state index in [2.05, 4.69) is 15.0 Å². The molecule has 2 aromatic rings. The molecule has 2 heterocycles. The molecule has 0 saturated carbocycles. The van der Waals surface area contributed by atoms with Gasteiger partial charge in [0, 0.05) is 11.1 Å². The van der Waals surface area contributed by atoms with Crippen LogP contribution in [0, 0.1) is 13.8 Å². The molecule has 0 radical (unpaired) electrons. The van der Waals surface area contributed by atoms with Crippen LogP contribution in [0.15, 0.2) is 6.20 Å². The fraction of sp³-hybridized carbons (Fsp3) is 0.222. The molecular formula is C9H11N5S. The summed E-state index contributed by atoms with van der Waals surface area (Å²) in [6.07, 6.45) is 1.61. The van der Waals surface area contributed by atoms with Crippen molar-refractivity contribution in [3.63, 3.8) is 0 Å². The maximum absolute atomic E-state index is 5.75. The van der Waals surface area contributed by atoms with Gasteiger partial charge in [-0.15, -0.1) is 11.3 Å². The summed E-state index contributed by atoms with van der Waals surface area (Å²) in [4.78, 5) is 13.4. The molecule has 0 aliphatic carbocycles. The molecule has 0 aromatic carbocycles. The van der Waals surface area contributed by atoms with Crippen LogP contribution < -0.4 is 11.5 Å². The van der Waals surface area contributed by atoms with Crippen LogP contribution in [0.5, 0.6) is 0 Å². The number of nitrogen functional groups attached to an aromatic ring is 2. The van der Waals surface area contributed by atoms with Gasteiger partial charge in [0.05, 0.1) is 11.3 Å². The van der Waals surface area contributed by atoms with Gasteiger partial charge in [-0.1, -0.05) is 0 Å². The lowest BCUT2D eigenvalue weighted by Crippen LogP contribution is -2.00. The highest BCUT2D eigenvalue weighted by molar-refractivity contribution is 7.15. The zero-order valence-corrected chi connectivity index (χ0v) is 9.30. The van der Waals surface area contributed by atoms with Crippen molar-refractivity contribution >= 4 is 23.1 Å². The van der Waals surface area contributed by atoms with E-state index in [1.165, 1.54) is 4.88 Å². The molecule has 5 nitrogen and oxygen atoms in total. The Balaban J connectivity index is 2.54. The third-order valence-electron chi connectivity index (χ3n) is 2.10. The summed E-state index contributed by atoms with van der Waals surface area (Å²) >= 11 is 1.58. The standard InChI is InChI=1S/C9H11N5S/c1-4-5(2)15-8(13-4)6-3-12-9(11)14-7(6)10/h3H,1-2H3,(H4,10,11,12,14). The Labute approximate surface area is 91.2 Å². The fourth-order valence-electron chi connectivity index (χ4n) is 1.16. The molecule has 0 aliphatic rings. The summed E-state index contributed by atoms with van der Waals surface area (Å²) in [5, 5.41) is 0.836. The lowest BCUT2D eigenvalue weighted by molar-refractivity contribution is 1.18. The Morgan fingerprint density at radius 2 is 1.93 bits per heavy atom. The molecule has 78 valence electrons. The predicted octanol–water partition coefficient (Wildman–Crippen LogP) is 1.38. The third-order valence-corrected chi connectivity index (χ3v) is 3.20. The van der Waals surface area contributed by atoms with Crippen molar-refractivity contribution in [1.29, 1.82) is 0 Å². The van der Waals surface area contributed by atoms with Crippen LogP contribution >= 0.6 is 11.3 Å². The molecule has 6 heteroatoms. The number of anilines is 2. The average molecular weight is 221 g/mol. The van der Waals surface area contributed by atoms with Gasteiger partial charge >= 0.3 is 0 Å². The molecule has 0 aliphatic heterocycles. The van der Waals surface area contributed by atoms with Gasteiger partial charge in [0.25, 0.3) is 0 Å². The first-order valence-corrected chi connectivity index (χ1v) is 5.22. The molecule has 15 heavy (non-hydrogen) atoms. The van der Waals surface area contributed by atoms with Gasteiger partial charge in [0.2, 0.25) is 5.95 Å². The summed E-state index contributed by atoms with van der Waals surface area (Å²) in [5.74, 6) is 0.553. The van der Waals surface area contributed by atoms with Crippen molar-refractivity contribution in [2.24, 2.45) is 0 Å². The highest BCUT2D eigenvalue weighted by Gasteiger charge is 2.10. The van der Waals surface area contributed by atoms with Gasteiger partial charge in [-0.25, -0.2) is 9.97 Å². The minimum absolute atomic E-state index is 0.182. The maximum Gasteiger partial charge on any atom is 0.221 e. The number of hydrogen-bond donors (Lipinski definition) is 2. The second-order valence-electron chi connectivity index (χ2n) is 3.19. The lowest BCUT2D eigenvalue weighted by atomic mass is 10.3. The number of rotatable bonds is 1. The van der Waals surface area contributed by atoms with Crippen LogP contribution in [-0.4, -0.2) is 15.0 Å². The summed E-state index contributed by atoms with van der Waals surface area (Å²) in [5.41, 5.74) is 12.9. The van der Waals surface area contributed by atoms with Gasteiger partial charge in [0.1, 0.15) is 10.8 Å². The van der Waals surface area contributed by atoms with Crippen LogP contribution in [0.1, 0.15) is 10.6 Å². The molecule has 0 atom stereocenters. The SMILES string of the molecule is Cc1nc(-c2cnc(N)nc2N)sc1C. The van der Waals surface area contributed by atoms with E-state index >= 15 is 0 Å². The van der Waals surface area contributed by atoms with Crippen LogP contribution in [0.25, 0.3) is 10.6 Å². The van der Waals surface area contributed by atoms with E-state index in [0.717, 1.165) is 16.3 Å². The van der Waals surface area contributed by atoms with Gasteiger partial charge in [0.15, 0.2) is 0 Å². The minimum atomic E-state index is 0.182. The molecule has 2 aromatic heterocycles. The second kappa shape index (κ2) is 3.47. The van der Waals surface area contributed by atoms with E-state index in [4.69, 9.17) is 11.5 Å². The molecule has 0 spiro atoms. The molecule has 4 N–H and O–H groups in total. The molecule has 0 fully saturated rings. The van der Waals surface area contributed by atoms with Crippen LogP contribution in [-0.2, 0) is 0 Å². The smallest absolute Gasteiger partial charge is 0.221 e. The highest BCUT2D eigenvalue weighted by Crippen LogP contribution is 2.29. The topological polar surface area (TPSA) is 90.7 Å². The first-order valence-electron chi connectivity index (χ1n) is 4.40. The third kappa shape index (κ3) is 1.75. The van der Waals surface area contributed by atoms with Crippen molar-refractivity contribution in [1.82, 2.24) is 15.0 Å². The largest absolute Gasteiger partial charge is 0.383 e. The van der Waals surface area contributed by atoms with E-state index in [1.807, 2.05) is 13.8 Å².